The Morgan fingerprint density at radius 3 is 2.46 bits per heavy atom. The SMILES string of the molecule is CCCCC(CC)C(=O)N1CCC[C@@H]1C(=O)NCCCNC(C)=O. The molecule has 1 fully saturated rings. The molecule has 1 aliphatic heterocycles. The Bertz CT molecular complexity index is 426. The number of hydrogen-bond donors (Lipinski definition) is 2. The molecule has 0 aliphatic carbocycles. The van der Waals surface area contributed by atoms with Gasteiger partial charge in [0.1, 0.15) is 6.04 Å². The fourth-order valence-electron chi connectivity index (χ4n) is 3.17. The van der Waals surface area contributed by atoms with Crippen molar-refractivity contribution in [2.45, 2.75) is 71.8 Å². The lowest BCUT2D eigenvalue weighted by atomic mass is 9.97. The second-order valence-electron chi connectivity index (χ2n) is 6.56. The van der Waals surface area contributed by atoms with E-state index in [0.717, 1.165) is 38.5 Å². The largest absolute Gasteiger partial charge is 0.356 e. The topological polar surface area (TPSA) is 78.5 Å². The van der Waals surface area contributed by atoms with Gasteiger partial charge in [-0.1, -0.05) is 26.7 Å². The van der Waals surface area contributed by atoms with Crippen molar-refractivity contribution in [1.29, 1.82) is 0 Å². The van der Waals surface area contributed by atoms with Gasteiger partial charge in [0, 0.05) is 32.5 Å². The van der Waals surface area contributed by atoms with Crippen molar-refractivity contribution >= 4 is 17.7 Å². The van der Waals surface area contributed by atoms with Gasteiger partial charge in [-0.25, -0.2) is 0 Å². The fraction of sp³-hybridized carbons (Fsp3) is 0.833. The van der Waals surface area contributed by atoms with Gasteiger partial charge in [-0.05, 0) is 32.1 Å². The normalized spacial score (nSPS) is 18.3. The van der Waals surface area contributed by atoms with Gasteiger partial charge < -0.3 is 15.5 Å². The molecular formula is C18H33N3O3. The molecule has 2 N–H and O–H groups in total. The van der Waals surface area contributed by atoms with Crippen LogP contribution in [0.1, 0.15) is 65.7 Å². The van der Waals surface area contributed by atoms with Gasteiger partial charge in [-0.3, -0.25) is 14.4 Å². The van der Waals surface area contributed by atoms with Crippen LogP contribution in [0.2, 0.25) is 0 Å². The number of unbranched alkanes of at least 4 members (excludes halogenated alkanes) is 1. The van der Waals surface area contributed by atoms with Crippen LogP contribution in [0.5, 0.6) is 0 Å². The average molecular weight is 339 g/mol. The van der Waals surface area contributed by atoms with Crippen molar-refractivity contribution in [3.05, 3.63) is 0 Å². The minimum atomic E-state index is -0.325. The first-order valence-corrected chi connectivity index (χ1v) is 9.33. The molecule has 1 unspecified atom stereocenters. The summed E-state index contributed by atoms with van der Waals surface area (Å²) in [6.07, 6.45) is 6.21. The lowest BCUT2D eigenvalue weighted by Gasteiger charge is -2.28. The lowest BCUT2D eigenvalue weighted by molar-refractivity contribution is -0.141. The third-order valence-corrected chi connectivity index (χ3v) is 4.61. The van der Waals surface area contributed by atoms with Gasteiger partial charge >= 0.3 is 0 Å². The maximum Gasteiger partial charge on any atom is 0.242 e. The van der Waals surface area contributed by atoms with Crippen LogP contribution in [0.15, 0.2) is 0 Å². The highest BCUT2D eigenvalue weighted by Gasteiger charge is 2.36. The second kappa shape index (κ2) is 11.0. The Labute approximate surface area is 145 Å². The van der Waals surface area contributed by atoms with E-state index >= 15 is 0 Å². The highest BCUT2D eigenvalue weighted by molar-refractivity contribution is 5.89. The van der Waals surface area contributed by atoms with E-state index < -0.39 is 0 Å². The van der Waals surface area contributed by atoms with E-state index in [0.29, 0.717) is 26.1 Å². The molecule has 138 valence electrons. The van der Waals surface area contributed by atoms with E-state index in [9.17, 15) is 14.4 Å². The zero-order chi connectivity index (χ0) is 17.9. The van der Waals surface area contributed by atoms with Crippen molar-refractivity contribution in [2.75, 3.05) is 19.6 Å². The number of nitrogens with one attached hydrogen (secondary N) is 2. The zero-order valence-corrected chi connectivity index (χ0v) is 15.4. The van der Waals surface area contributed by atoms with Gasteiger partial charge in [0.15, 0.2) is 0 Å². The van der Waals surface area contributed by atoms with Gasteiger partial charge in [-0.15, -0.1) is 0 Å². The van der Waals surface area contributed by atoms with Gasteiger partial charge in [0.2, 0.25) is 17.7 Å². The fourth-order valence-corrected chi connectivity index (χ4v) is 3.17. The second-order valence-corrected chi connectivity index (χ2v) is 6.56. The van der Waals surface area contributed by atoms with Crippen molar-refractivity contribution in [3.8, 4) is 0 Å². The molecule has 0 bridgehead atoms. The summed E-state index contributed by atoms with van der Waals surface area (Å²) in [5.74, 6) is 0.0561. The molecular weight excluding hydrogens is 306 g/mol. The minimum absolute atomic E-state index is 0.0399. The standard InChI is InChI=1S/C18H33N3O3/c1-4-6-9-15(5-2)18(24)21-13-7-10-16(21)17(23)20-12-8-11-19-14(3)22/h15-16H,4-13H2,1-3H3,(H,19,22)(H,20,23)/t15?,16-/m1/s1. The van der Waals surface area contributed by atoms with E-state index in [1.165, 1.54) is 6.92 Å². The van der Waals surface area contributed by atoms with Crippen molar-refractivity contribution in [2.24, 2.45) is 5.92 Å². The number of nitrogens with zero attached hydrogens (tertiary/aromatic N) is 1. The third-order valence-electron chi connectivity index (χ3n) is 4.61. The number of carbonyl (C=O) groups excluding carboxylic acids is 3. The van der Waals surface area contributed by atoms with E-state index in [1.807, 2.05) is 6.92 Å². The molecule has 0 aromatic carbocycles. The molecule has 1 aliphatic rings. The summed E-state index contributed by atoms with van der Waals surface area (Å²) in [4.78, 5) is 37.7. The summed E-state index contributed by atoms with van der Waals surface area (Å²) in [6, 6.07) is -0.325. The number of amides is 3. The van der Waals surface area contributed by atoms with Crippen LogP contribution in [0.3, 0.4) is 0 Å². The molecule has 6 nitrogen and oxygen atoms in total. The van der Waals surface area contributed by atoms with Gasteiger partial charge in [-0.2, -0.15) is 0 Å². The predicted octanol–water partition coefficient (Wildman–Crippen LogP) is 1.84. The Hall–Kier alpha value is -1.59. The summed E-state index contributed by atoms with van der Waals surface area (Å²) in [6.45, 7) is 7.41. The summed E-state index contributed by atoms with van der Waals surface area (Å²) >= 11 is 0. The van der Waals surface area contributed by atoms with Crippen LogP contribution in [0, 0.1) is 5.92 Å². The molecule has 0 aromatic rings. The monoisotopic (exact) mass is 339 g/mol. The molecule has 1 heterocycles. The average Bonchev–Trinajstić information content (AvgIpc) is 3.04. The first-order valence-electron chi connectivity index (χ1n) is 9.33. The van der Waals surface area contributed by atoms with Crippen molar-refractivity contribution < 1.29 is 14.4 Å². The minimum Gasteiger partial charge on any atom is -0.356 e. The van der Waals surface area contributed by atoms with Crippen LogP contribution in [0.4, 0.5) is 0 Å². The van der Waals surface area contributed by atoms with E-state index in [4.69, 9.17) is 0 Å². The zero-order valence-electron chi connectivity index (χ0n) is 15.4. The van der Waals surface area contributed by atoms with Crippen LogP contribution in [-0.4, -0.2) is 48.3 Å². The number of likely N-dealkylation sites (tertiary alicyclic amines) is 1. The van der Waals surface area contributed by atoms with Crippen LogP contribution in [0.25, 0.3) is 0 Å². The first kappa shape index (κ1) is 20.5. The third kappa shape index (κ3) is 6.49. The van der Waals surface area contributed by atoms with Crippen molar-refractivity contribution in [3.63, 3.8) is 0 Å². The summed E-state index contributed by atoms with van der Waals surface area (Å²) in [5.41, 5.74) is 0. The Kier molecular flexibility index (Phi) is 9.42. The number of carbonyl (C=O) groups is 3. The molecule has 6 heteroatoms. The summed E-state index contributed by atoms with van der Waals surface area (Å²) in [7, 11) is 0. The van der Waals surface area contributed by atoms with Crippen LogP contribution in [-0.2, 0) is 14.4 Å². The summed E-state index contributed by atoms with van der Waals surface area (Å²) < 4.78 is 0. The Balaban J connectivity index is 2.46. The molecule has 0 aromatic heterocycles. The molecule has 1 saturated heterocycles. The van der Waals surface area contributed by atoms with Crippen LogP contribution >= 0.6 is 0 Å². The van der Waals surface area contributed by atoms with Gasteiger partial charge in [0.05, 0.1) is 0 Å². The maximum atomic E-state index is 12.7. The highest BCUT2D eigenvalue weighted by Crippen LogP contribution is 2.23. The molecule has 0 saturated carbocycles. The Morgan fingerprint density at radius 2 is 1.83 bits per heavy atom. The smallest absolute Gasteiger partial charge is 0.242 e. The lowest BCUT2D eigenvalue weighted by Crippen LogP contribution is -2.48. The Morgan fingerprint density at radius 1 is 1.12 bits per heavy atom. The van der Waals surface area contributed by atoms with E-state index in [-0.39, 0.29) is 29.7 Å². The predicted molar refractivity (Wildman–Crippen MR) is 94.4 cm³/mol. The molecule has 24 heavy (non-hydrogen) atoms. The van der Waals surface area contributed by atoms with Gasteiger partial charge in [0.25, 0.3) is 0 Å². The van der Waals surface area contributed by atoms with Crippen LogP contribution < -0.4 is 10.6 Å². The van der Waals surface area contributed by atoms with E-state index in [2.05, 4.69) is 17.6 Å². The molecule has 0 radical (unpaired) electrons. The molecule has 0 spiro atoms. The first-order chi connectivity index (χ1) is 11.5. The summed E-state index contributed by atoms with van der Waals surface area (Å²) in [5, 5.41) is 5.60. The molecule has 2 atom stereocenters. The molecule has 3 amide bonds. The number of rotatable bonds is 10. The maximum absolute atomic E-state index is 12.7. The molecule has 1 rings (SSSR count). The van der Waals surface area contributed by atoms with E-state index in [1.54, 1.807) is 4.90 Å². The highest BCUT2D eigenvalue weighted by atomic mass is 16.2. The van der Waals surface area contributed by atoms with Crippen molar-refractivity contribution in [1.82, 2.24) is 15.5 Å². The number of hydrogen-bond acceptors (Lipinski definition) is 3. The quantitative estimate of drug-likeness (QED) is 0.596.